The molecule has 0 saturated carbocycles. The highest BCUT2D eigenvalue weighted by molar-refractivity contribution is 9.10. The maximum atomic E-state index is 12.6. The molecule has 2 aromatic carbocycles. The zero-order valence-electron chi connectivity index (χ0n) is 11.2. The number of halogens is 1. The minimum atomic E-state index is -0.0314. The van der Waals surface area contributed by atoms with Gasteiger partial charge >= 0.3 is 0 Å². The third-order valence-corrected chi connectivity index (χ3v) is 4.09. The van der Waals surface area contributed by atoms with Crippen LogP contribution in [0.15, 0.2) is 40.9 Å². The Hall–Kier alpha value is -1.61. The van der Waals surface area contributed by atoms with Crippen LogP contribution in [0.25, 0.3) is 0 Å². The highest BCUT2D eigenvalue weighted by Crippen LogP contribution is 2.28. The van der Waals surface area contributed by atoms with E-state index in [9.17, 15) is 4.79 Å². The van der Waals surface area contributed by atoms with Crippen molar-refractivity contribution in [3.8, 4) is 5.75 Å². The zero-order valence-corrected chi connectivity index (χ0v) is 12.7. The first-order chi connectivity index (χ1) is 9.04. The molecule has 0 aliphatic heterocycles. The molecular weight excluding hydrogens is 304 g/mol. The van der Waals surface area contributed by atoms with Gasteiger partial charge in [-0.05, 0) is 53.5 Å². The third-order valence-electron chi connectivity index (χ3n) is 3.04. The van der Waals surface area contributed by atoms with Crippen molar-refractivity contribution in [1.82, 2.24) is 0 Å². The van der Waals surface area contributed by atoms with E-state index in [1.54, 1.807) is 7.11 Å². The summed E-state index contributed by atoms with van der Waals surface area (Å²) in [6, 6.07) is 11.3. The molecule has 0 unspecified atom stereocenters. The highest BCUT2D eigenvalue weighted by Gasteiger charge is 2.17. The number of carbonyl (C=O) groups excluding carboxylic acids is 1. The van der Waals surface area contributed by atoms with Gasteiger partial charge in [0, 0.05) is 10.0 Å². The number of aryl methyl sites for hydroxylation is 2. The Bertz CT molecular complexity index is 633. The molecule has 0 heterocycles. The molecule has 0 bridgehead atoms. The second-order valence-electron chi connectivity index (χ2n) is 4.47. The van der Waals surface area contributed by atoms with Crippen LogP contribution in [0, 0.1) is 13.8 Å². The van der Waals surface area contributed by atoms with Gasteiger partial charge in [0.05, 0.1) is 12.7 Å². The van der Waals surface area contributed by atoms with Crippen molar-refractivity contribution in [3.63, 3.8) is 0 Å². The molecule has 3 heteroatoms. The minimum Gasteiger partial charge on any atom is -0.496 e. The first-order valence-electron chi connectivity index (χ1n) is 5.99. The van der Waals surface area contributed by atoms with Crippen LogP contribution in [0.5, 0.6) is 5.75 Å². The van der Waals surface area contributed by atoms with Gasteiger partial charge in [0.25, 0.3) is 0 Å². The summed E-state index contributed by atoms with van der Waals surface area (Å²) in [6.45, 7) is 3.93. The number of hydrogen-bond donors (Lipinski definition) is 0. The monoisotopic (exact) mass is 318 g/mol. The smallest absolute Gasteiger partial charge is 0.197 e. The van der Waals surface area contributed by atoms with E-state index in [2.05, 4.69) is 15.9 Å². The standard InChI is InChI=1S/C16H15BrO2/c1-10-7-8-14(19-3)13(9-10)16(18)12-6-4-5-11(2)15(12)17/h4-9H,1-3H3. The molecule has 0 amide bonds. The summed E-state index contributed by atoms with van der Waals surface area (Å²) in [6.07, 6.45) is 0. The van der Waals surface area contributed by atoms with E-state index in [0.29, 0.717) is 16.9 Å². The van der Waals surface area contributed by atoms with Crippen LogP contribution >= 0.6 is 15.9 Å². The SMILES string of the molecule is COc1ccc(C)cc1C(=O)c1cccc(C)c1Br. The van der Waals surface area contributed by atoms with Crippen molar-refractivity contribution in [2.45, 2.75) is 13.8 Å². The number of ketones is 1. The summed E-state index contributed by atoms with van der Waals surface area (Å²) in [5.41, 5.74) is 3.32. The molecule has 2 rings (SSSR count). The lowest BCUT2D eigenvalue weighted by Gasteiger charge is -2.10. The first kappa shape index (κ1) is 13.8. The predicted molar refractivity (Wildman–Crippen MR) is 80.0 cm³/mol. The van der Waals surface area contributed by atoms with E-state index in [0.717, 1.165) is 15.6 Å². The van der Waals surface area contributed by atoms with Gasteiger partial charge in [-0.15, -0.1) is 0 Å². The summed E-state index contributed by atoms with van der Waals surface area (Å²) in [5.74, 6) is 0.570. The number of rotatable bonds is 3. The summed E-state index contributed by atoms with van der Waals surface area (Å²) in [5, 5.41) is 0. The largest absolute Gasteiger partial charge is 0.496 e. The number of ether oxygens (including phenoxy) is 1. The van der Waals surface area contributed by atoms with Crippen molar-refractivity contribution in [2.24, 2.45) is 0 Å². The minimum absolute atomic E-state index is 0.0314. The van der Waals surface area contributed by atoms with Crippen LogP contribution < -0.4 is 4.74 Å². The van der Waals surface area contributed by atoms with E-state index in [1.165, 1.54) is 0 Å². The Morgan fingerprint density at radius 2 is 1.84 bits per heavy atom. The lowest BCUT2D eigenvalue weighted by atomic mass is 9.99. The normalized spacial score (nSPS) is 10.3. The Morgan fingerprint density at radius 1 is 1.11 bits per heavy atom. The summed E-state index contributed by atoms with van der Waals surface area (Å²) >= 11 is 3.48. The average Bonchev–Trinajstić information content (AvgIpc) is 2.41. The van der Waals surface area contributed by atoms with Crippen LogP contribution in [0.1, 0.15) is 27.0 Å². The van der Waals surface area contributed by atoms with E-state index >= 15 is 0 Å². The Labute approximate surface area is 121 Å². The van der Waals surface area contributed by atoms with Gasteiger partial charge in [0.15, 0.2) is 5.78 Å². The molecule has 2 nitrogen and oxygen atoms in total. The molecule has 0 radical (unpaired) electrons. The van der Waals surface area contributed by atoms with Crippen LogP contribution in [-0.4, -0.2) is 12.9 Å². The molecule has 19 heavy (non-hydrogen) atoms. The zero-order chi connectivity index (χ0) is 14.0. The van der Waals surface area contributed by atoms with E-state index in [-0.39, 0.29) is 5.78 Å². The highest BCUT2D eigenvalue weighted by atomic mass is 79.9. The molecule has 0 atom stereocenters. The van der Waals surface area contributed by atoms with Crippen molar-refractivity contribution in [2.75, 3.05) is 7.11 Å². The van der Waals surface area contributed by atoms with Crippen LogP contribution in [0.2, 0.25) is 0 Å². The Kier molecular flexibility index (Phi) is 4.05. The van der Waals surface area contributed by atoms with Gasteiger partial charge in [-0.1, -0.05) is 23.8 Å². The topological polar surface area (TPSA) is 26.3 Å². The fourth-order valence-corrected chi connectivity index (χ4v) is 2.41. The molecule has 0 saturated heterocycles. The molecule has 0 N–H and O–H groups in total. The molecule has 98 valence electrons. The Balaban J connectivity index is 2.56. The lowest BCUT2D eigenvalue weighted by Crippen LogP contribution is -2.06. The summed E-state index contributed by atoms with van der Waals surface area (Å²) in [7, 11) is 1.58. The molecule has 2 aromatic rings. The third kappa shape index (κ3) is 2.71. The van der Waals surface area contributed by atoms with Gasteiger partial charge < -0.3 is 4.74 Å². The molecule has 0 aromatic heterocycles. The number of carbonyl (C=O) groups is 1. The number of benzene rings is 2. The Morgan fingerprint density at radius 3 is 2.53 bits per heavy atom. The second-order valence-corrected chi connectivity index (χ2v) is 5.26. The van der Waals surface area contributed by atoms with Gasteiger partial charge in [0.2, 0.25) is 0 Å². The second kappa shape index (κ2) is 5.57. The summed E-state index contributed by atoms with van der Waals surface area (Å²) < 4.78 is 6.11. The average molecular weight is 319 g/mol. The van der Waals surface area contributed by atoms with Crippen molar-refractivity contribution >= 4 is 21.7 Å². The molecular formula is C16H15BrO2. The van der Waals surface area contributed by atoms with Gasteiger partial charge in [-0.25, -0.2) is 0 Å². The molecule has 0 aliphatic carbocycles. The summed E-state index contributed by atoms with van der Waals surface area (Å²) in [4.78, 5) is 12.6. The van der Waals surface area contributed by atoms with Crippen molar-refractivity contribution < 1.29 is 9.53 Å². The van der Waals surface area contributed by atoms with Crippen molar-refractivity contribution in [3.05, 3.63) is 63.1 Å². The van der Waals surface area contributed by atoms with Gasteiger partial charge in [-0.2, -0.15) is 0 Å². The number of methoxy groups -OCH3 is 1. The molecule has 0 spiro atoms. The predicted octanol–water partition coefficient (Wildman–Crippen LogP) is 4.31. The number of hydrogen-bond acceptors (Lipinski definition) is 2. The van der Waals surface area contributed by atoms with E-state index in [4.69, 9.17) is 4.74 Å². The van der Waals surface area contributed by atoms with Gasteiger partial charge in [0.1, 0.15) is 5.75 Å². The quantitative estimate of drug-likeness (QED) is 0.788. The maximum absolute atomic E-state index is 12.6. The molecule has 0 aliphatic rings. The first-order valence-corrected chi connectivity index (χ1v) is 6.78. The lowest BCUT2D eigenvalue weighted by molar-refractivity contribution is 0.103. The fourth-order valence-electron chi connectivity index (χ4n) is 1.97. The van der Waals surface area contributed by atoms with Crippen LogP contribution in [0.4, 0.5) is 0 Å². The maximum Gasteiger partial charge on any atom is 0.197 e. The van der Waals surface area contributed by atoms with Crippen LogP contribution in [0.3, 0.4) is 0 Å². The fraction of sp³-hybridized carbons (Fsp3) is 0.188. The molecule has 0 fully saturated rings. The van der Waals surface area contributed by atoms with Crippen LogP contribution in [-0.2, 0) is 0 Å². The van der Waals surface area contributed by atoms with Gasteiger partial charge in [-0.3, -0.25) is 4.79 Å². The van der Waals surface area contributed by atoms with E-state index in [1.807, 2.05) is 50.2 Å². The van der Waals surface area contributed by atoms with E-state index < -0.39 is 0 Å². The van der Waals surface area contributed by atoms with Crippen molar-refractivity contribution in [1.29, 1.82) is 0 Å².